The summed E-state index contributed by atoms with van der Waals surface area (Å²) in [5.41, 5.74) is 0.908. The lowest BCUT2D eigenvalue weighted by molar-refractivity contribution is -0.286. The van der Waals surface area contributed by atoms with Crippen molar-refractivity contribution in [2.45, 2.75) is 41.6 Å². The molecule has 8 nitrogen and oxygen atoms in total. The van der Waals surface area contributed by atoms with Crippen LogP contribution in [0.2, 0.25) is 0 Å². The Morgan fingerprint density at radius 2 is 1.67 bits per heavy atom. The van der Waals surface area contributed by atoms with Crippen LogP contribution in [0.3, 0.4) is 0 Å². The molecule has 0 spiro atoms. The van der Waals surface area contributed by atoms with Gasteiger partial charge in [0.2, 0.25) is 9.84 Å². The van der Waals surface area contributed by atoms with Crippen molar-refractivity contribution in [3.8, 4) is 11.5 Å². The minimum atomic E-state index is -3.70. The minimum absolute atomic E-state index is 0.0600. The highest BCUT2D eigenvalue weighted by Crippen LogP contribution is 2.43. The SMILES string of the molecule is O=S(=O)(c1ccccc1)c1ccc(NC2C[C@@H]3CN(Cc4ccc5c(c4)OC(F)(F)O5)C[C@@H]3C2)nn1. The Labute approximate surface area is 207 Å². The van der Waals surface area contributed by atoms with Crippen LogP contribution in [-0.4, -0.2) is 48.9 Å². The highest BCUT2D eigenvalue weighted by Gasteiger charge is 2.44. The molecule has 3 atom stereocenters. The van der Waals surface area contributed by atoms with Crippen molar-refractivity contribution >= 4 is 15.7 Å². The molecule has 2 aliphatic heterocycles. The summed E-state index contributed by atoms with van der Waals surface area (Å²) in [5, 5.41) is 11.4. The van der Waals surface area contributed by atoms with Crippen LogP contribution in [0.15, 0.2) is 70.6 Å². The fraction of sp³-hybridized carbons (Fsp3) is 0.360. The number of anilines is 1. The number of nitrogens with zero attached hydrogens (tertiary/aromatic N) is 3. The molecular weight excluding hydrogens is 490 g/mol. The lowest BCUT2D eigenvalue weighted by Crippen LogP contribution is -2.26. The molecule has 1 N–H and O–H groups in total. The molecule has 36 heavy (non-hydrogen) atoms. The average molecular weight is 515 g/mol. The molecule has 188 valence electrons. The smallest absolute Gasteiger partial charge is 0.395 e. The van der Waals surface area contributed by atoms with Crippen LogP contribution in [0.25, 0.3) is 0 Å². The standard InChI is InChI=1S/C25H24F2N4O4S/c26-25(27)34-21-7-6-16(10-22(21)35-25)13-31-14-17-11-19(12-18(17)15-31)28-23-8-9-24(30-29-23)36(32,33)20-4-2-1-3-5-20/h1-10,17-19H,11-15H2,(H,28,29)/t17-,18+,19?. The summed E-state index contributed by atoms with van der Waals surface area (Å²) in [5.74, 6) is 1.73. The van der Waals surface area contributed by atoms with Gasteiger partial charge in [0.15, 0.2) is 16.5 Å². The first-order valence-electron chi connectivity index (χ1n) is 11.8. The maximum Gasteiger partial charge on any atom is 0.586 e. The van der Waals surface area contributed by atoms with Crippen LogP contribution in [-0.2, 0) is 16.4 Å². The van der Waals surface area contributed by atoms with Crippen LogP contribution in [0.5, 0.6) is 11.5 Å². The number of aromatic nitrogens is 2. The van der Waals surface area contributed by atoms with E-state index < -0.39 is 16.1 Å². The van der Waals surface area contributed by atoms with Gasteiger partial charge >= 0.3 is 6.29 Å². The molecule has 6 rings (SSSR count). The van der Waals surface area contributed by atoms with Crippen LogP contribution in [0.4, 0.5) is 14.6 Å². The number of nitrogens with one attached hydrogen (secondary N) is 1. The average Bonchev–Trinajstić information content (AvgIpc) is 3.49. The maximum atomic E-state index is 13.3. The molecule has 3 aromatic rings. The number of hydrogen-bond acceptors (Lipinski definition) is 8. The van der Waals surface area contributed by atoms with Gasteiger partial charge in [-0.3, -0.25) is 4.90 Å². The molecule has 1 unspecified atom stereocenters. The summed E-state index contributed by atoms with van der Waals surface area (Å²) in [6, 6.07) is 16.5. The number of sulfone groups is 1. The number of rotatable bonds is 6. The van der Waals surface area contributed by atoms with Gasteiger partial charge in [0.25, 0.3) is 0 Å². The molecule has 2 aromatic carbocycles. The van der Waals surface area contributed by atoms with E-state index in [4.69, 9.17) is 0 Å². The largest absolute Gasteiger partial charge is 0.586 e. The van der Waals surface area contributed by atoms with Crippen molar-refractivity contribution in [3.63, 3.8) is 0 Å². The third kappa shape index (κ3) is 4.48. The van der Waals surface area contributed by atoms with Gasteiger partial charge < -0.3 is 14.8 Å². The topological polar surface area (TPSA) is 93.7 Å². The molecular formula is C25H24F2N4O4S. The second-order valence-electron chi connectivity index (χ2n) is 9.55. The van der Waals surface area contributed by atoms with E-state index >= 15 is 0 Å². The minimum Gasteiger partial charge on any atom is -0.395 e. The molecule has 11 heteroatoms. The number of fused-ring (bicyclic) bond motifs is 2. The lowest BCUT2D eigenvalue weighted by Gasteiger charge is -2.20. The van der Waals surface area contributed by atoms with E-state index in [1.165, 1.54) is 24.3 Å². The van der Waals surface area contributed by atoms with E-state index in [2.05, 4.69) is 29.9 Å². The van der Waals surface area contributed by atoms with Crippen LogP contribution in [0.1, 0.15) is 18.4 Å². The van der Waals surface area contributed by atoms with Gasteiger partial charge in [0, 0.05) is 25.7 Å². The van der Waals surface area contributed by atoms with Crippen LogP contribution < -0.4 is 14.8 Å². The monoisotopic (exact) mass is 514 g/mol. The Hall–Kier alpha value is -3.31. The zero-order valence-corrected chi connectivity index (χ0v) is 20.0. The van der Waals surface area contributed by atoms with Crippen LogP contribution >= 0.6 is 0 Å². The normalized spacial score (nSPS) is 24.6. The Bertz CT molecular complexity index is 1360. The predicted molar refractivity (Wildman–Crippen MR) is 125 cm³/mol. The Kier molecular flexibility index (Phi) is 5.56. The summed E-state index contributed by atoms with van der Waals surface area (Å²) in [6.07, 6.45) is -1.66. The zero-order valence-electron chi connectivity index (χ0n) is 19.2. The zero-order chi connectivity index (χ0) is 24.9. The van der Waals surface area contributed by atoms with Gasteiger partial charge in [0.1, 0.15) is 5.82 Å². The van der Waals surface area contributed by atoms with Crippen molar-refractivity contribution < 1.29 is 26.7 Å². The molecule has 0 radical (unpaired) electrons. The van der Waals surface area contributed by atoms with Crippen molar-refractivity contribution in [3.05, 3.63) is 66.2 Å². The van der Waals surface area contributed by atoms with Gasteiger partial charge in [-0.05, 0) is 66.6 Å². The Balaban J connectivity index is 1.03. The first-order valence-corrected chi connectivity index (χ1v) is 13.2. The summed E-state index contributed by atoms with van der Waals surface area (Å²) in [4.78, 5) is 2.52. The molecule has 3 aliphatic rings. The number of ether oxygens (including phenoxy) is 2. The lowest BCUT2D eigenvalue weighted by atomic mass is 10.0. The first-order chi connectivity index (χ1) is 17.2. The quantitative estimate of drug-likeness (QED) is 0.529. The molecule has 3 heterocycles. The molecule has 1 aromatic heterocycles. The Morgan fingerprint density at radius 1 is 0.944 bits per heavy atom. The molecule has 0 amide bonds. The second kappa shape index (κ2) is 8.67. The highest BCUT2D eigenvalue weighted by molar-refractivity contribution is 7.91. The number of halogens is 2. The maximum absolute atomic E-state index is 13.3. The number of alkyl halides is 2. The second-order valence-corrected chi connectivity index (χ2v) is 11.4. The highest BCUT2D eigenvalue weighted by atomic mass is 32.2. The van der Waals surface area contributed by atoms with E-state index in [0.717, 1.165) is 31.5 Å². The summed E-state index contributed by atoms with van der Waals surface area (Å²) in [6.45, 7) is 2.51. The van der Waals surface area contributed by atoms with Gasteiger partial charge in [-0.25, -0.2) is 8.42 Å². The third-order valence-electron chi connectivity index (χ3n) is 7.02. The number of hydrogen-bond donors (Lipinski definition) is 1. The molecule has 1 saturated heterocycles. The van der Waals surface area contributed by atoms with Crippen molar-refractivity contribution in [1.82, 2.24) is 15.1 Å². The fourth-order valence-electron chi connectivity index (χ4n) is 5.46. The van der Waals surface area contributed by atoms with Crippen molar-refractivity contribution in [1.29, 1.82) is 0 Å². The van der Waals surface area contributed by atoms with E-state index in [1.807, 2.05) is 0 Å². The first kappa shape index (κ1) is 23.1. The van der Waals surface area contributed by atoms with Crippen molar-refractivity contribution in [2.75, 3.05) is 18.4 Å². The van der Waals surface area contributed by atoms with Gasteiger partial charge in [-0.2, -0.15) is 0 Å². The van der Waals surface area contributed by atoms with E-state index in [9.17, 15) is 17.2 Å². The molecule has 1 saturated carbocycles. The summed E-state index contributed by atoms with van der Waals surface area (Å²) in [7, 11) is -3.70. The summed E-state index contributed by atoms with van der Waals surface area (Å²) >= 11 is 0. The van der Waals surface area contributed by atoms with Crippen LogP contribution in [0, 0.1) is 11.8 Å². The number of benzene rings is 2. The predicted octanol–water partition coefficient (Wildman–Crippen LogP) is 3.95. The fourth-order valence-corrected chi connectivity index (χ4v) is 6.62. The summed E-state index contributed by atoms with van der Waals surface area (Å²) < 4.78 is 61.0. The van der Waals surface area contributed by atoms with Crippen molar-refractivity contribution in [2.24, 2.45) is 11.8 Å². The Morgan fingerprint density at radius 3 is 2.36 bits per heavy atom. The van der Waals surface area contributed by atoms with Gasteiger partial charge in [0.05, 0.1) is 4.90 Å². The van der Waals surface area contributed by atoms with E-state index in [-0.39, 0.29) is 27.5 Å². The molecule has 0 bridgehead atoms. The molecule has 1 aliphatic carbocycles. The third-order valence-corrected chi connectivity index (χ3v) is 8.68. The molecule has 2 fully saturated rings. The van der Waals surface area contributed by atoms with E-state index in [1.54, 1.807) is 36.4 Å². The van der Waals surface area contributed by atoms with Gasteiger partial charge in [-0.15, -0.1) is 19.0 Å². The van der Waals surface area contributed by atoms with Gasteiger partial charge in [-0.1, -0.05) is 24.3 Å². The van der Waals surface area contributed by atoms with E-state index in [0.29, 0.717) is 24.2 Å². The number of likely N-dealkylation sites (tertiary alicyclic amines) is 1.